The van der Waals surface area contributed by atoms with E-state index in [0.717, 1.165) is 16.9 Å². The Balaban J connectivity index is 1.59. The molecule has 0 bridgehead atoms. The van der Waals surface area contributed by atoms with E-state index in [2.05, 4.69) is 0 Å². The summed E-state index contributed by atoms with van der Waals surface area (Å²) in [6, 6.07) is 17.7. The van der Waals surface area contributed by atoms with Crippen LogP contribution >= 0.6 is 0 Å². The van der Waals surface area contributed by atoms with Crippen molar-refractivity contribution in [1.29, 1.82) is 0 Å². The number of aliphatic hydroxyl groups excluding tert-OH is 1. The lowest BCUT2D eigenvalue weighted by atomic mass is 9.87. The number of benzene rings is 2. The molecule has 24 heavy (non-hydrogen) atoms. The van der Waals surface area contributed by atoms with Gasteiger partial charge in [-0.15, -0.1) is 0 Å². The molecule has 2 unspecified atom stereocenters. The first kappa shape index (κ1) is 16.3. The highest BCUT2D eigenvalue weighted by Gasteiger charge is 2.30. The fourth-order valence-corrected chi connectivity index (χ4v) is 3.05. The van der Waals surface area contributed by atoms with Gasteiger partial charge in [0.15, 0.2) is 0 Å². The average Bonchev–Trinajstić information content (AvgIpc) is 2.61. The fourth-order valence-electron chi connectivity index (χ4n) is 3.05. The molecular weight excluding hydrogens is 306 g/mol. The van der Waals surface area contributed by atoms with Crippen LogP contribution in [0.1, 0.15) is 23.5 Å². The number of β-amino-alcohol motifs (C(OH)–C–C–N with tert-alkyl or cyclic N) is 1. The zero-order chi connectivity index (χ0) is 16.9. The Kier molecular flexibility index (Phi) is 5.01. The average molecular weight is 327 g/mol. The highest BCUT2D eigenvalue weighted by atomic mass is 16.5. The van der Waals surface area contributed by atoms with E-state index in [9.17, 15) is 9.90 Å². The SMILES string of the molecule is O=C(O)N1CCC(c2ccc(OCc3ccccc3)cc2)C(O)C1. The second kappa shape index (κ2) is 7.36. The van der Waals surface area contributed by atoms with Crippen LogP contribution in [0.3, 0.4) is 0 Å². The van der Waals surface area contributed by atoms with Crippen molar-refractivity contribution in [3.63, 3.8) is 0 Å². The summed E-state index contributed by atoms with van der Waals surface area (Å²) >= 11 is 0. The molecule has 3 rings (SSSR count). The molecule has 2 N–H and O–H groups in total. The van der Waals surface area contributed by atoms with Gasteiger partial charge in [-0.05, 0) is 29.7 Å². The van der Waals surface area contributed by atoms with E-state index in [1.165, 1.54) is 4.90 Å². The van der Waals surface area contributed by atoms with Crippen molar-refractivity contribution in [3.05, 3.63) is 65.7 Å². The number of likely N-dealkylation sites (tertiary alicyclic amines) is 1. The highest BCUT2D eigenvalue weighted by Crippen LogP contribution is 2.29. The van der Waals surface area contributed by atoms with Crippen molar-refractivity contribution in [1.82, 2.24) is 4.90 Å². The molecule has 0 aliphatic carbocycles. The van der Waals surface area contributed by atoms with Crippen molar-refractivity contribution in [2.75, 3.05) is 13.1 Å². The third-order valence-electron chi connectivity index (χ3n) is 4.41. The van der Waals surface area contributed by atoms with Gasteiger partial charge in [0.05, 0.1) is 12.6 Å². The van der Waals surface area contributed by atoms with Gasteiger partial charge < -0.3 is 19.8 Å². The molecule has 2 aromatic carbocycles. The smallest absolute Gasteiger partial charge is 0.407 e. The van der Waals surface area contributed by atoms with Crippen molar-refractivity contribution in [3.8, 4) is 5.75 Å². The van der Waals surface area contributed by atoms with E-state index in [1.54, 1.807) is 0 Å². The summed E-state index contributed by atoms with van der Waals surface area (Å²) in [5, 5.41) is 19.2. The second-order valence-corrected chi connectivity index (χ2v) is 6.03. The maximum absolute atomic E-state index is 11.0. The zero-order valence-corrected chi connectivity index (χ0v) is 13.3. The second-order valence-electron chi connectivity index (χ2n) is 6.03. The van der Waals surface area contributed by atoms with Crippen LogP contribution in [0, 0.1) is 0 Å². The molecule has 0 radical (unpaired) electrons. The summed E-state index contributed by atoms with van der Waals surface area (Å²) in [6.07, 6.45) is -1.03. The number of piperidine rings is 1. The minimum Gasteiger partial charge on any atom is -0.489 e. The molecular formula is C19H21NO4. The number of carboxylic acid groups (broad SMARTS) is 1. The molecule has 126 valence electrons. The minimum absolute atomic E-state index is 0.0382. The quantitative estimate of drug-likeness (QED) is 0.905. The molecule has 0 aromatic heterocycles. The first-order chi connectivity index (χ1) is 11.6. The lowest BCUT2D eigenvalue weighted by molar-refractivity contribution is 0.0504. The number of carbonyl (C=O) groups is 1. The molecule has 1 aliphatic rings. The van der Waals surface area contributed by atoms with E-state index < -0.39 is 12.2 Å². The van der Waals surface area contributed by atoms with Crippen LogP contribution in [0.2, 0.25) is 0 Å². The monoisotopic (exact) mass is 327 g/mol. The predicted octanol–water partition coefficient (Wildman–Crippen LogP) is 3.09. The highest BCUT2D eigenvalue weighted by molar-refractivity contribution is 5.65. The third kappa shape index (κ3) is 3.86. The van der Waals surface area contributed by atoms with Crippen LogP contribution < -0.4 is 4.74 Å². The molecule has 1 aliphatic heterocycles. The largest absolute Gasteiger partial charge is 0.489 e. The fraction of sp³-hybridized carbons (Fsp3) is 0.316. The van der Waals surface area contributed by atoms with Gasteiger partial charge in [0.1, 0.15) is 12.4 Å². The maximum Gasteiger partial charge on any atom is 0.407 e. The Morgan fingerprint density at radius 1 is 1.12 bits per heavy atom. The van der Waals surface area contributed by atoms with Crippen LogP contribution in [0.5, 0.6) is 5.75 Å². The molecule has 2 atom stereocenters. The van der Waals surface area contributed by atoms with Crippen molar-refractivity contribution in [2.45, 2.75) is 25.0 Å². The Morgan fingerprint density at radius 2 is 1.83 bits per heavy atom. The zero-order valence-electron chi connectivity index (χ0n) is 13.3. The van der Waals surface area contributed by atoms with Gasteiger partial charge in [0.25, 0.3) is 0 Å². The van der Waals surface area contributed by atoms with Crippen molar-refractivity contribution >= 4 is 6.09 Å². The van der Waals surface area contributed by atoms with Crippen LogP contribution in [0.15, 0.2) is 54.6 Å². The van der Waals surface area contributed by atoms with Crippen molar-refractivity contribution < 1.29 is 19.7 Å². The Labute approximate surface area is 141 Å². The van der Waals surface area contributed by atoms with Gasteiger partial charge in [0, 0.05) is 12.5 Å². The van der Waals surface area contributed by atoms with Crippen LogP contribution in [-0.2, 0) is 6.61 Å². The van der Waals surface area contributed by atoms with Gasteiger partial charge in [0.2, 0.25) is 0 Å². The van der Waals surface area contributed by atoms with E-state index in [1.807, 2.05) is 54.6 Å². The van der Waals surface area contributed by atoms with Gasteiger partial charge in [-0.3, -0.25) is 0 Å². The number of ether oxygens (including phenoxy) is 1. The summed E-state index contributed by atoms with van der Waals surface area (Å²) in [5.41, 5.74) is 2.12. The Morgan fingerprint density at radius 3 is 2.46 bits per heavy atom. The number of rotatable bonds is 4. The minimum atomic E-state index is -0.975. The van der Waals surface area contributed by atoms with Crippen LogP contribution in [0.4, 0.5) is 4.79 Å². The number of hydrogen-bond acceptors (Lipinski definition) is 3. The third-order valence-corrected chi connectivity index (χ3v) is 4.41. The first-order valence-corrected chi connectivity index (χ1v) is 8.06. The van der Waals surface area contributed by atoms with E-state index in [-0.39, 0.29) is 12.5 Å². The maximum atomic E-state index is 11.0. The summed E-state index contributed by atoms with van der Waals surface area (Å²) in [5.74, 6) is 0.740. The topological polar surface area (TPSA) is 70.0 Å². The number of aliphatic hydroxyl groups is 1. The molecule has 2 aromatic rings. The molecule has 1 saturated heterocycles. The standard InChI is InChI=1S/C19H21NO4/c21-18-12-20(19(22)23)11-10-17(18)15-6-8-16(9-7-15)24-13-14-4-2-1-3-5-14/h1-9,17-18,21H,10-13H2,(H,22,23). The van der Waals surface area contributed by atoms with Gasteiger partial charge in [-0.1, -0.05) is 42.5 Å². The van der Waals surface area contributed by atoms with E-state index >= 15 is 0 Å². The molecule has 1 heterocycles. The van der Waals surface area contributed by atoms with Crippen molar-refractivity contribution in [2.24, 2.45) is 0 Å². The number of hydrogen-bond donors (Lipinski definition) is 2. The Hall–Kier alpha value is -2.53. The molecule has 5 heteroatoms. The van der Waals surface area contributed by atoms with Crippen LogP contribution in [-0.4, -0.2) is 40.4 Å². The van der Waals surface area contributed by atoms with Gasteiger partial charge in [-0.2, -0.15) is 0 Å². The molecule has 0 spiro atoms. The number of amides is 1. The lowest BCUT2D eigenvalue weighted by Crippen LogP contribution is -2.45. The molecule has 0 saturated carbocycles. The van der Waals surface area contributed by atoms with Crippen LogP contribution in [0.25, 0.3) is 0 Å². The summed E-state index contributed by atoms with van der Waals surface area (Å²) < 4.78 is 5.76. The molecule has 1 amide bonds. The van der Waals surface area contributed by atoms with Gasteiger partial charge >= 0.3 is 6.09 Å². The number of nitrogens with zero attached hydrogens (tertiary/aromatic N) is 1. The summed E-state index contributed by atoms with van der Waals surface area (Å²) in [4.78, 5) is 12.2. The summed E-state index contributed by atoms with van der Waals surface area (Å²) in [7, 11) is 0. The molecule has 5 nitrogen and oxygen atoms in total. The first-order valence-electron chi connectivity index (χ1n) is 8.06. The Bertz CT molecular complexity index is 672. The van der Waals surface area contributed by atoms with Gasteiger partial charge in [-0.25, -0.2) is 4.79 Å². The predicted molar refractivity (Wildman–Crippen MR) is 90.2 cm³/mol. The lowest BCUT2D eigenvalue weighted by Gasteiger charge is -2.34. The van der Waals surface area contributed by atoms with E-state index in [4.69, 9.17) is 9.84 Å². The van der Waals surface area contributed by atoms with E-state index in [0.29, 0.717) is 19.6 Å². The summed E-state index contributed by atoms with van der Waals surface area (Å²) in [6.45, 7) is 1.12. The molecule has 1 fully saturated rings. The normalized spacial score (nSPS) is 20.6.